The largest absolute Gasteiger partial charge is 0.417 e. The van der Waals surface area contributed by atoms with Crippen LogP contribution in [0.15, 0.2) is 12.3 Å². The van der Waals surface area contributed by atoms with E-state index in [-0.39, 0.29) is 28.1 Å². The van der Waals surface area contributed by atoms with Crippen LogP contribution in [0.3, 0.4) is 0 Å². The van der Waals surface area contributed by atoms with Crippen molar-refractivity contribution in [3.05, 3.63) is 23.7 Å². The summed E-state index contributed by atoms with van der Waals surface area (Å²) in [7, 11) is 1.53. The number of fused-ring (bicyclic) bond motifs is 1. The van der Waals surface area contributed by atoms with E-state index in [0.29, 0.717) is 0 Å². The Morgan fingerprint density at radius 1 is 1.50 bits per heavy atom. The number of nitrogens with zero attached hydrogens (tertiary/aromatic N) is 3. The standard InChI is InChI=1S/C10H7BrF3N3O/c1-17-8-6(16-9(17)7(18)3-11)2-5(4-15-8)10(12,13)14/h2,4H,3H2,1H3. The van der Waals surface area contributed by atoms with Gasteiger partial charge in [0.25, 0.3) is 0 Å². The molecule has 0 saturated heterocycles. The highest BCUT2D eigenvalue weighted by Gasteiger charge is 2.31. The molecule has 2 rings (SSSR count). The van der Waals surface area contributed by atoms with Crippen molar-refractivity contribution < 1.29 is 18.0 Å². The SMILES string of the molecule is Cn1c(C(=O)CBr)nc2cc(C(F)(F)F)cnc21. The maximum atomic E-state index is 12.5. The topological polar surface area (TPSA) is 47.8 Å². The Morgan fingerprint density at radius 2 is 2.17 bits per heavy atom. The Hall–Kier alpha value is -1.44. The van der Waals surface area contributed by atoms with Crippen LogP contribution < -0.4 is 0 Å². The second kappa shape index (κ2) is 4.34. The van der Waals surface area contributed by atoms with Gasteiger partial charge in [0.1, 0.15) is 5.52 Å². The fraction of sp³-hybridized carbons (Fsp3) is 0.300. The lowest BCUT2D eigenvalue weighted by Crippen LogP contribution is -2.08. The first-order valence-corrected chi connectivity index (χ1v) is 5.95. The van der Waals surface area contributed by atoms with Gasteiger partial charge in [0.2, 0.25) is 5.78 Å². The molecule has 0 aliphatic heterocycles. The molecule has 0 fully saturated rings. The average Bonchev–Trinajstić information content (AvgIpc) is 2.64. The molecule has 0 unspecified atom stereocenters. The number of hydrogen-bond donors (Lipinski definition) is 0. The molecule has 4 nitrogen and oxygen atoms in total. The summed E-state index contributed by atoms with van der Waals surface area (Å²) in [6, 6.07) is 0.882. The van der Waals surface area contributed by atoms with Crippen molar-refractivity contribution in [1.29, 1.82) is 0 Å². The first kappa shape index (κ1) is 13.0. The minimum Gasteiger partial charge on any atom is -0.309 e. The van der Waals surface area contributed by atoms with Crippen LogP contribution in [0.2, 0.25) is 0 Å². The molecule has 2 aromatic heterocycles. The number of aryl methyl sites for hydroxylation is 1. The van der Waals surface area contributed by atoms with E-state index in [0.717, 1.165) is 12.3 Å². The van der Waals surface area contributed by atoms with Gasteiger partial charge < -0.3 is 4.57 Å². The van der Waals surface area contributed by atoms with Crippen molar-refractivity contribution in [2.45, 2.75) is 6.18 Å². The summed E-state index contributed by atoms with van der Waals surface area (Å²) in [5, 5.41) is 0.0519. The maximum absolute atomic E-state index is 12.5. The Bertz CT molecular complexity index is 621. The number of carbonyl (C=O) groups is 1. The number of Topliss-reactive ketones (excluding diaryl/α,β-unsaturated/α-hetero) is 1. The zero-order valence-corrected chi connectivity index (χ0v) is 10.7. The number of carbonyl (C=O) groups excluding carboxylic acids is 1. The first-order chi connectivity index (χ1) is 8.34. The Labute approximate surface area is 108 Å². The van der Waals surface area contributed by atoms with Crippen molar-refractivity contribution in [2.75, 3.05) is 5.33 Å². The van der Waals surface area contributed by atoms with Gasteiger partial charge in [-0.15, -0.1) is 0 Å². The van der Waals surface area contributed by atoms with Crippen molar-refractivity contribution in [3.8, 4) is 0 Å². The number of pyridine rings is 1. The Morgan fingerprint density at radius 3 is 2.72 bits per heavy atom. The molecule has 2 heterocycles. The fourth-order valence-corrected chi connectivity index (χ4v) is 1.79. The second-order valence-electron chi connectivity index (χ2n) is 3.62. The quantitative estimate of drug-likeness (QED) is 0.631. The predicted molar refractivity (Wildman–Crippen MR) is 61.6 cm³/mol. The van der Waals surface area contributed by atoms with Crippen LogP contribution in [-0.2, 0) is 13.2 Å². The lowest BCUT2D eigenvalue weighted by molar-refractivity contribution is -0.137. The molecule has 0 aliphatic rings. The first-order valence-electron chi connectivity index (χ1n) is 4.83. The van der Waals surface area contributed by atoms with E-state index in [1.54, 1.807) is 0 Å². The summed E-state index contributed by atoms with van der Waals surface area (Å²) in [6.07, 6.45) is -3.75. The third-order valence-electron chi connectivity index (χ3n) is 2.41. The van der Waals surface area contributed by atoms with Crippen molar-refractivity contribution >= 4 is 32.9 Å². The molecule has 0 radical (unpaired) electrons. The molecule has 0 saturated carbocycles. The van der Waals surface area contributed by atoms with Gasteiger partial charge in [-0.3, -0.25) is 4.79 Å². The van der Waals surface area contributed by atoms with E-state index in [2.05, 4.69) is 25.9 Å². The van der Waals surface area contributed by atoms with Crippen LogP contribution in [0.25, 0.3) is 11.2 Å². The molecule has 18 heavy (non-hydrogen) atoms. The zero-order valence-electron chi connectivity index (χ0n) is 9.12. The zero-order chi connectivity index (χ0) is 13.5. The summed E-state index contributed by atoms with van der Waals surface area (Å²) in [4.78, 5) is 19.1. The third-order valence-corrected chi connectivity index (χ3v) is 2.92. The summed E-state index contributed by atoms with van der Waals surface area (Å²) in [5.41, 5.74) is -0.588. The Kier molecular flexibility index (Phi) is 3.14. The molecule has 96 valence electrons. The van der Waals surface area contributed by atoms with Gasteiger partial charge in [0, 0.05) is 13.2 Å². The van der Waals surface area contributed by atoms with Crippen LogP contribution in [0, 0.1) is 0 Å². The highest BCUT2D eigenvalue weighted by molar-refractivity contribution is 9.09. The lowest BCUT2D eigenvalue weighted by Gasteiger charge is -2.05. The van der Waals surface area contributed by atoms with E-state index in [1.807, 2.05) is 0 Å². The van der Waals surface area contributed by atoms with Gasteiger partial charge in [-0.25, -0.2) is 9.97 Å². The van der Waals surface area contributed by atoms with Gasteiger partial charge in [0.15, 0.2) is 11.5 Å². The average molecular weight is 322 g/mol. The number of hydrogen-bond acceptors (Lipinski definition) is 3. The molecule has 0 spiro atoms. The van der Waals surface area contributed by atoms with Crippen LogP contribution in [-0.4, -0.2) is 25.6 Å². The van der Waals surface area contributed by atoms with Gasteiger partial charge in [-0.2, -0.15) is 13.2 Å². The smallest absolute Gasteiger partial charge is 0.309 e. The summed E-state index contributed by atoms with van der Waals surface area (Å²) in [5.74, 6) is -0.238. The highest BCUT2D eigenvalue weighted by Crippen LogP contribution is 2.30. The van der Waals surface area contributed by atoms with Crippen LogP contribution in [0.1, 0.15) is 16.2 Å². The molecule has 0 amide bonds. The molecule has 2 aromatic rings. The molecule has 8 heteroatoms. The number of aromatic nitrogens is 3. The van der Waals surface area contributed by atoms with E-state index >= 15 is 0 Å². The summed E-state index contributed by atoms with van der Waals surface area (Å²) in [6.45, 7) is 0. The van der Waals surface area contributed by atoms with Crippen LogP contribution >= 0.6 is 15.9 Å². The molecular formula is C10H7BrF3N3O. The van der Waals surface area contributed by atoms with Gasteiger partial charge in [-0.1, -0.05) is 15.9 Å². The summed E-state index contributed by atoms with van der Waals surface area (Å²) >= 11 is 2.99. The van der Waals surface area contributed by atoms with Gasteiger partial charge in [0.05, 0.1) is 10.9 Å². The number of ketones is 1. The van der Waals surface area contributed by atoms with E-state index < -0.39 is 11.7 Å². The number of rotatable bonds is 2. The molecule has 0 atom stereocenters. The predicted octanol–water partition coefficient (Wildman–Crippen LogP) is 2.56. The highest BCUT2D eigenvalue weighted by atomic mass is 79.9. The minimum atomic E-state index is -4.47. The molecule has 0 N–H and O–H groups in total. The van der Waals surface area contributed by atoms with Crippen molar-refractivity contribution in [2.24, 2.45) is 7.05 Å². The minimum absolute atomic E-state index is 0.0519. The fourth-order valence-electron chi connectivity index (χ4n) is 1.54. The van der Waals surface area contributed by atoms with Crippen LogP contribution in [0.4, 0.5) is 13.2 Å². The van der Waals surface area contributed by atoms with Crippen LogP contribution in [0.5, 0.6) is 0 Å². The number of halogens is 4. The lowest BCUT2D eigenvalue weighted by atomic mass is 10.2. The number of imidazole rings is 1. The van der Waals surface area contributed by atoms with Gasteiger partial charge in [-0.05, 0) is 6.07 Å². The van der Waals surface area contributed by atoms with Crippen molar-refractivity contribution in [1.82, 2.24) is 14.5 Å². The van der Waals surface area contributed by atoms with E-state index in [9.17, 15) is 18.0 Å². The molecular weight excluding hydrogens is 315 g/mol. The van der Waals surface area contributed by atoms with Gasteiger partial charge >= 0.3 is 6.18 Å². The maximum Gasteiger partial charge on any atom is 0.417 e. The van der Waals surface area contributed by atoms with E-state index in [1.165, 1.54) is 11.6 Å². The number of alkyl halides is 4. The molecule has 0 aliphatic carbocycles. The molecule has 0 aromatic carbocycles. The van der Waals surface area contributed by atoms with E-state index in [4.69, 9.17) is 0 Å². The molecule has 0 bridgehead atoms. The third kappa shape index (κ3) is 2.12. The monoisotopic (exact) mass is 321 g/mol. The Balaban J connectivity index is 2.62. The second-order valence-corrected chi connectivity index (χ2v) is 4.18. The normalized spacial score (nSPS) is 12.1. The van der Waals surface area contributed by atoms with Crippen molar-refractivity contribution in [3.63, 3.8) is 0 Å². The summed E-state index contributed by atoms with van der Waals surface area (Å²) < 4.78 is 38.9.